The van der Waals surface area contributed by atoms with Gasteiger partial charge in [0.25, 0.3) is 0 Å². The average molecular weight is 372 g/mol. The van der Waals surface area contributed by atoms with Gasteiger partial charge in [0, 0.05) is 0 Å². The molecule has 0 N–H and O–H groups in total. The zero-order valence-electron chi connectivity index (χ0n) is 15.9. The van der Waals surface area contributed by atoms with Crippen LogP contribution in [0.25, 0.3) is 11.1 Å². The van der Waals surface area contributed by atoms with Gasteiger partial charge in [0.1, 0.15) is 0 Å². The van der Waals surface area contributed by atoms with Crippen molar-refractivity contribution in [3.05, 3.63) is 58.9 Å². The maximum Gasteiger partial charge on any atom is 0.194 e. The highest BCUT2D eigenvalue weighted by Crippen LogP contribution is 2.41. The Balaban J connectivity index is 1.50. The molecule has 1 atom stereocenters. The normalized spacial score (nSPS) is 25.3. The third kappa shape index (κ3) is 3.79. The largest absolute Gasteiger partial charge is 0.204 e. The Bertz CT molecular complexity index is 795. The van der Waals surface area contributed by atoms with E-state index in [9.17, 15) is 13.2 Å². The zero-order chi connectivity index (χ0) is 19.0. The summed E-state index contributed by atoms with van der Waals surface area (Å²) in [5, 5.41) is 0. The molecule has 1 unspecified atom stereocenters. The first kappa shape index (κ1) is 18.6. The first-order valence-corrected chi connectivity index (χ1v) is 10.3. The third-order valence-electron chi connectivity index (χ3n) is 6.93. The quantitative estimate of drug-likeness (QED) is 0.504. The summed E-state index contributed by atoms with van der Waals surface area (Å²) in [5.74, 6) is -1.13. The van der Waals surface area contributed by atoms with Crippen LogP contribution in [0.15, 0.2) is 30.3 Å². The highest BCUT2D eigenvalue weighted by molar-refractivity contribution is 5.65. The van der Waals surface area contributed by atoms with Gasteiger partial charge < -0.3 is 0 Å². The van der Waals surface area contributed by atoms with E-state index in [0.717, 1.165) is 48.3 Å². The Morgan fingerprint density at radius 2 is 1.48 bits per heavy atom. The molecule has 27 heavy (non-hydrogen) atoms. The molecule has 144 valence electrons. The van der Waals surface area contributed by atoms with Gasteiger partial charge >= 0.3 is 0 Å². The lowest BCUT2D eigenvalue weighted by Crippen LogP contribution is -2.26. The predicted octanol–water partition coefficient (Wildman–Crippen LogP) is 7.09. The molecular formula is C24H27F3. The Morgan fingerprint density at radius 3 is 2.15 bits per heavy atom. The lowest BCUT2D eigenvalue weighted by Gasteiger charge is -2.36. The molecule has 3 heteroatoms. The van der Waals surface area contributed by atoms with Gasteiger partial charge in [0.2, 0.25) is 0 Å². The van der Waals surface area contributed by atoms with Gasteiger partial charge in [0.15, 0.2) is 17.5 Å². The van der Waals surface area contributed by atoms with Crippen molar-refractivity contribution in [2.24, 2.45) is 17.8 Å². The summed E-state index contributed by atoms with van der Waals surface area (Å²) in [7, 11) is 0. The zero-order valence-corrected chi connectivity index (χ0v) is 15.9. The van der Waals surface area contributed by atoms with Crippen molar-refractivity contribution >= 4 is 0 Å². The van der Waals surface area contributed by atoms with Crippen LogP contribution in [0.3, 0.4) is 0 Å². The standard InChI is InChI=1S/C24H27F3/c1-2-15-3-5-16(6-4-15)17-7-8-19-12-20(10-9-18(19)11-17)21-13-22(25)24(27)23(26)14-21/h9-10,12-17H,2-8,11H2,1H3. The maximum absolute atomic E-state index is 13.6. The number of halogens is 3. The van der Waals surface area contributed by atoms with Crippen molar-refractivity contribution in [2.75, 3.05) is 0 Å². The fourth-order valence-electron chi connectivity index (χ4n) is 5.16. The predicted molar refractivity (Wildman–Crippen MR) is 103 cm³/mol. The molecule has 2 aromatic rings. The minimum Gasteiger partial charge on any atom is -0.204 e. The summed E-state index contributed by atoms with van der Waals surface area (Å²) in [5.41, 5.74) is 3.80. The van der Waals surface area contributed by atoms with E-state index in [1.54, 1.807) is 0 Å². The number of benzene rings is 2. The van der Waals surface area contributed by atoms with Crippen LogP contribution in [0, 0.1) is 35.2 Å². The summed E-state index contributed by atoms with van der Waals surface area (Å²) >= 11 is 0. The first-order chi connectivity index (χ1) is 13.0. The van der Waals surface area contributed by atoms with E-state index in [2.05, 4.69) is 13.0 Å². The molecular weight excluding hydrogens is 345 g/mol. The molecule has 0 bridgehead atoms. The van der Waals surface area contributed by atoms with Crippen LogP contribution in [-0.2, 0) is 12.8 Å². The van der Waals surface area contributed by atoms with Crippen LogP contribution in [0.4, 0.5) is 13.2 Å². The number of aryl methyl sites for hydroxylation is 1. The molecule has 2 aliphatic rings. The first-order valence-electron chi connectivity index (χ1n) is 10.3. The van der Waals surface area contributed by atoms with E-state index < -0.39 is 17.5 Å². The summed E-state index contributed by atoms with van der Waals surface area (Å²) in [4.78, 5) is 0. The van der Waals surface area contributed by atoms with Crippen LogP contribution in [0.2, 0.25) is 0 Å². The van der Waals surface area contributed by atoms with E-state index in [0.29, 0.717) is 5.56 Å². The average Bonchev–Trinajstić information content (AvgIpc) is 2.71. The molecule has 0 aliphatic heterocycles. The second kappa shape index (κ2) is 7.69. The van der Waals surface area contributed by atoms with E-state index in [1.165, 1.54) is 49.7 Å². The van der Waals surface area contributed by atoms with Crippen molar-refractivity contribution < 1.29 is 13.2 Å². The van der Waals surface area contributed by atoms with Crippen molar-refractivity contribution in [1.29, 1.82) is 0 Å². The van der Waals surface area contributed by atoms with Gasteiger partial charge in [-0.1, -0.05) is 44.4 Å². The minimum absolute atomic E-state index is 0.397. The molecule has 2 aromatic carbocycles. The van der Waals surface area contributed by atoms with Crippen LogP contribution < -0.4 is 0 Å². The van der Waals surface area contributed by atoms with E-state index in [4.69, 9.17) is 0 Å². The van der Waals surface area contributed by atoms with Gasteiger partial charge in [0.05, 0.1) is 0 Å². The van der Waals surface area contributed by atoms with Crippen molar-refractivity contribution in [3.8, 4) is 11.1 Å². The van der Waals surface area contributed by atoms with Crippen LogP contribution in [0.1, 0.15) is 56.6 Å². The Kier molecular flexibility index (Phi) is 5.29. The monoisotopic (exact) mass is 372 g/mol. The molecule has 0 heterocycles. The second-order valence-electron chi connectivity index (χ2n) is 8.43. The minimum atomic E-state index is -1.41. The summed E-state index contributed by atoms with van der Waals surface area (Å²) < 4.78 is 40.3. The smallest absolute Gasteiger partial charge is 0.194 e. The fourth-order valence-corrected chi connectivity index (χ4v) is 5.16. The lowest BCUT2D eigenvalue weighted by molar-refractivity contribution is 0.187. The summed E-state index contributed by atoms with van der Waals surface area (Å²) in [6.45, 7) is 2.30. The molecule has 1 saturated carbocycles. The molecule has 0 spiro atoms. The molecule has 0 aromatic heterocycles. The summed E-state index contributed by atoms with van der Waals surface area (Å²) in [6, 6.07) is 8.22. The second-order valence-corrected chi connectivity index (χ2v) is 8.43. The lowest BCUT2D eigenvalue weighted by atomic mass is 9.69. The van der Waals surface area contributed by atoms with Gasteiger partial charge in [-0.15, -0.1) is 0 Å². The van der Waals surface area contributed by atoms with Crippen molar-refractivity contribution in [3.63, 3.8) is 0 Å². The molecule has 2 aliphatic carbocycles. The maximum atomic E-state index is 13.6. The molecule has 0 nitrogen and oxygen atoms in total. The number of rotatable bonds is 3. The van der Waals surface area contributed by atoms with Gasteiger partial charge in [-0.2, -0.15) is 0 Å². The highest BCUT2D eigenvalue weighted by Gasteiger charge is 2.29. The number of hydrogen-bond acceptors (Lipinski definition) is 0. The number of fused-ring (bicyclic) bond motifs is 1. The van der Waals surface area contributed by atoms with Crippen LogP contribution >= 0.6 is 0 Å². The van der Waals surface area contributed by atoms with Gasteiger partial charge in [-0.3, -0.25) is 0 Å². The topological polar surface area (TPSA) is 0 Å². The van der Waals surface area contributed by atoms with Gasteiger partial charge in [-0.05, 0) is 84.2 Å². The van der Waals surface area contributed by atoms with Crippen LogP contribution in [0.5, 0.6) is 0 Å². The molecule has 4 rings (SSSR count). The molecule has 1 fully saturated rings. The van der Waals surface area contributed by atoms with Crippen molar-refractivity contribution in [1.82, 2.24) is 0 Å². The summed E-state index contributed by atoms with van der Waals surface area (Å²) in [6.07, 6.45) is 10.1. The van der Waals surface area contributed by atoms with Crippen molar-refractivity contribution in [2.45, 2.75) is 58.3 Å². The number of hydrogen-bond donors (Lipinski definition) is 0. The van der Waals surface area contributed by atoms with Crippen LogP contribution in [-0.4, -0.2) is 0 Å². The molecule has 0 saturated heterocycles. The highest BCUT2D eigenvalue weighted by atomic mass is 19.2. The van der Waals surface area contributed by atoms with E-state index in [-0.39, 0.29) is 0 Å². The van der Waals surface area contributed by atoms with E-state index >= 15 is 0 Å². The Hall–Kier alpha value is -1.77. The fraction of sp³-hybridized carbons (Fsp3) is 0.500. The Morgan fingerprint density at radius 1 is 0.778 bits per heavy atom. The Labute approximate surface area is 159 Å². The third-order valence-corrected chi connectivity index (χ3v) is 6.93. The molecule has 0 amide bonds. The molecule has 0 radical (unpaired) electrons. The van der Waals surface area contributed by atoms with Gasteiger partial charge in [-0.25, -0.2) is 13.2 Å². The SMILES string of the molecule is CCC1CCC(C2CCc3cc(-c4cc(F)c(F)c(F)c4)ccc3C2)CC1. The van der Waals surface area contributed by atoms with E-state index in [1.807, 2.05) is 12.1 Å².